The fourth-order valence-corrected chi connectivity index (χ4v) is 2.00. The second kappa shape index (κ2) is 5.48. The van der Waals surface area contributed by atoms with E-state index in [2.05, 4.69) is 5.10 Å². The molecule has 0 aliphatic rings. The number of rotatable bonds is 2. The van der Waals surface area contributed by atoms with Gasteiger partial charge in [0.15, 0.2) is 0 Å². The summed E-state index contributed by atoms with van der Waals surface area (Å²) in [6.45, 7) is 1.32. The van der Waals surface area contributed by atoms with E-state index < -0.39 is 34.6 Å². The van der Waals surface area contributed by atoms with Crippen LogP contribution in [0, 0.1) is 11.3 Å². The van der Waals surface area contributed by atoms with Gasteiger partial charge in [0.05, 0.1) is 23.2 Å². The van der Waals surface area contributed by atoms with Crippen molar-refractivity contribution in [3.63, 3.8) is 0 Å². The highest BCUT2D eigenvalue weighted by molar-refractivity contribution is 5.49. The maximum Gasteiger partial charge on any atom is 0.418 e. The molecule has 1 heterocycles. The van der Waals surface area contributed by atoms with Crippen molar-refractivity contribution in [2.75, 3.05) is 0 Å². The number of hydrogen-bond donors (Lipinski definition) is 1. The Morgan fingerprint density at radius 3 is 2.59 bits per heavy atom. The number of halogens is 3. The normalized spacial score (nSPS) is 12.7. The van der Waals surface area contributed by atoms with E-state index >= 15 is 0 Å². The maximum absolute atomic E-state index is 13.4. The van der Waals surface area contributed by atoms with Crippen LogP contribution in [0.3, 0.4) is 0 Å². The fraction of sp³-hybridized carbons (Fsp3) is 0.231. The zero-order chi connectivity index (χ0) is 16.5. The van der Waals surface area contributed by atoms with Gasteiger partial charge in [0.2, 0.25) is 0 Å². The van der Waals surface area contributed by atoms with Gasteiger partial charge in [0, 0.05) is 0 Å². The predicted molar refractivity (Wildman–Crippen MR) is 69.5 cm³/mol. The third-order valence-electron chi connectivity index (χ3n) is 2.96. The molecule has 6 nitrogen and oxygen atoms in total. The summed E-state index contributed by atoms with van der Waals surface area (Å²) in [4.78, 5) is 24.5. The molecular formula is C13H9F3N4O2. The molecule has 2 rings (SSSR count). The lowest BCUT2D eigenvalue weighted by molar-refractivity contribution is -0.138. The molecule has 1 aromatic heterocycles. The van der Waals surface area contributed by atoms with Crippen LogP contribution in [-0.2, 0) is 6.18 Å². The van der Waals surface area contributed by atoms with Crippen LogP contribution < -0.4 is 11.2 Å². The molecule has 2 aromatic rings. The number of H-pyrrole nitrogens is 1. The van der Waals surface area contributed by atoms with Crippen LogP contribution in [0.2, 0.25) is 0 Å². The minimum atomic E-state index is -4.80. The van der Waals surface area contributed by atoms with Crippen molar-refractivity contribution in [3.8, 4) is 11.8 Å². The van der Waals surface area contributed by atoms with Gasteiger partial charge in [-0.05, 0) is 18.6 Å². The Balaban J connectivity index is 2.85. The lowest BCUT2D eigenvalue weighted by atomic mass is 9.95. The van der Waals surface area contributed by atoms with Gasteiger partial charge >= 0.3 is 11.9 Å². The van der Waals surface area contributed by atoms with Gasteiger partial charge in [-0.1, -0.05) is 12.1 Å². The number of aromatic amines is 1. The molecule has 0 spiro atoms. The summed E-state index contributed by atoms with van der Waals surface area (Å²) >= 11 is 0. The topological polar surface area (TPSA) is 91.5 Å². The first kappa shape index (κ1) is 15.5. The monoisotopic (exact) mass is 310 g/mol. The van der Waals surface area contributed by atoms with E-state index in [-0.39, 0.29) is 5.56 Å². The summed E-state index contributed by atoms with van der Waals surface area (Å²) in [6.07, 6.45) is -4.10. The van der Waals surface area contributed by atoms with E-state index in [0.29, 0.717) is 10.9 Å². The molecular weight excluding hydrogens is 301 g/mol. The van der Waals surface area contributed by atoms with Crippen LogP contribution in [-0.4, -0.2) is 14.8 Å². The van der Waals surface area contributed by atoms with Crippen molar-refractivity contribution >= 4 is 0 Å². The Labute approximate surface area is 121 Å². The van der Waals surface area contributed by atoms with E-state index in [1.54, 1.807) is 6.07 Å². The number of alkyl halides is 3. The van der Waals surface area contributed by atoms with Crippen LogP contribution >= 0.6 is 0 Å². The van der Waals surface area contributed by atoms with Gasteiger partial charge in [0.25, 0.3) is 5.56 Å². The second-order valence-electron chi connectivity index (χ2n) is 4.44. The zero-order valence-corrected chi connectivity index (χ0v) is 11.2. The van der Waals surface area contributed by atoms with E-state index in [4.69, 9.17) is 5.26 Å². The summed E-state index contributed by atoms with van der Waals surface area (Å²) in [6, 6.07) is 5.22. The summed E-state index contributed by atoms with van der Waals surface area (Å²) < 4.78 is 40.6. The third kappa shape index (κ3) is 2.76. The van der Waals surface area contributed by atoms with Gasteiger partial charge in [-0.2, -0.15) is 28.2 Å². The first-order valence-corrected chi connectivity index (χ1v) is 6.04. The first-order valence-electron chi connectivity index (χ1n) is 6.04. The Morgan fingerprint density at radius 1 is 1.36 bits per heavy atom. The molecule has 0 bridgehead atoms. The summed E-state index contributed by atoms with van der Waals surface area (Å²) in [5.41, 5.74) is -3.87. The lowest BCUT2D eigenvalue weighted by Gasteiger charge is -2.18. The van der Waals surface area contributed by atoms with Crippen LogP contribution in [0.4, 0.5) is 13.2 Å². The van der Waals surface area contributed by atoms with Gasteiger partial charge in [-0.15, -0.1) is 0 Å². The summed E-state index contributed by atoms with van der Waals surface area (Å²) in [7, 11) is 0. The summed E-state index contributed by atoms with van der Waals surface area (Å²) in [5.74, 6) is -1.03. The van der Waals surface area contributed by atoms with Crippen molar-refractivity contribution in [2.45, 2.75) is 19.0 Å². The largest absolute Gasteiger partial charge is 0.418 e. The highest BCUT2D eigenvalue weighted by atomic mass is 19.4. The van der Waals surface area contributed by atoms with E-state index in [1.165, 1.54) is 13.0 Å². The Hall–Kier alpha value is -2.89. The van der Waals surface area contributed by atoms with Crippen molar-refractivity contribution in [2.24, 2.45) is 0 Å². The number of nitrogens with one attached hydrogen (secondary N) is 1. The van der Waals surface area contributed by atoms with Gasteiger partial charge < -0.3 is 0 Å². The minimum Gasteiger partial charge on any atom is -0.271 e. The summed E-state index contributed by atoms with van der Waals surface area (Å²) in [5, 5.41) is 12.3. The van der Waals surface area contributed by atoms with Crippen molar-refractivity contribution in [3.05, 3.63) is 56.4 Å². The van der Waals surface area contributed by atoms with Crippen molar-refractivity contribution in [1.82, 2.24) is 14.8 Å². The Kier molecular flexibility index (Phi) is 3.86. The molecule has 0 amide bonds. The van der Waals surface area contributed by atoms with Crippen LogP contribution in [0.5, 0.6) is 0 Å². The SMILES string of the molecule is CC(C#N)c1cccc(-n2ncc(=O)[nH]c2=O)c1C(F)(F)F. The number of nitrogens with zero attached hydrogens (tertiary/aromatic N) is 3. The minimum absolute atomic E-state index is 0.271. The number of aromatic nitrogens is 3. The first-order chi connectivity index (χ1) is 10.3. The number of hydrogen-bond acceptors (Lipinski definition) is 4. The molecule has 0 radical (unpaired) electrons. The molecule has 1 unspecified atom stereocenters. The second-order valence-corrected chi connectivity index (χ2v) is 4.44. The highest BCUT2D eigenvalue weighted by Gasteiger charge is 2.38. The average Bonchev–Trinajstić information content (AvgIpc) is 2.44. The predicted octanol–water partition coefficient (Wildman–Crippen LogP) is 1.57. The average molecular weight is 310 g/mol. The Morgan fingerprint density at radius 2 is 2.05 bits per heavy atom. The molecule has 0 saturated carbocycles. The van der Waals surface area contributed by atoms with Crippen LogP contribution in [0.25, 0.3) is 5.69 Å². The molecule has 22 heavy (non-hydrogen) atoms. The van der Waals surface area contributed by atoms with Gasteiger partial charge in [0.1, 0.15) is 6.20 Å². The standard InChI is InChI=1S/C13H9F3N4O2/c1-7(5-17)8-3-2-4-9(11(8)13(14,15)16)20-12(22)19-10(21)6-18-20/h2-4,6-7H,1H3,(H,19,21,22). The lowest BCUT2D eigenvalue weighted by Crippen LogP contribution is -2.32. The molecule has 1 aromatic carbocycles. The smallest absolute Gasteiger partial charge is 0.271 e. The highest BCUT2D eigenvalue weighted by Crippen LogP contribution is 2.38. The fourth-order valence-electron chi connectivity index (χ4n) is 2.00. The van der Waals surface area contributed by atoms with Gasteiger partial charge in [-0.25, -0.2) is 4.79 Å². The van der Waals surface area contributed by atoms with E-state index in [0.717, 1.165) is 12.1 Å². The van der Waals surface area contributed by atoms with Crippen LogP contribution in [0.1, 0.15) is 24.0 Å². The molecule has 0 saturated heterocycles. The van der Waals surface area contributed by atoms with E-state index in [1.807, 2.05) is 4.98 Å². The zero-order valence-electron chi connectivity index (χ0n) is 11.2. The van der Waals surface area contributed by atoms with Crippen molar-refractivity contribution in [1.29, 1.82) is 5.26 Å². The molecule has 0 aliphatic carbocycles. The quantitative estimate of drug-likeness (QED) is 0.911. The van der Waals surface area contributed by atoms with Crippen LogP contribution in [0.15, 0.2) is 34.0 Å². The third-order valence-corrected chi connectivity index (χ3v) is 2.96. The molecule has 1 N–H and O–H groups in total. The number of nitriles is 1. The molecule has 0 fully saturated rings. The van der Waals surface area contributed by atoms with Crippen molar-refractivity contribution < 1.29 is 13.2 Å². The number of benzene rings is 1. The van der Waals surface area contributed by atoms with E-state index in [9.17, 15) is 22.8 Å². The maximum atomic E-state index is 13.4. The Bertz CT molecular complexity index is 861. The van der Waals surface area contributed by atoms with Gasteiger partial charge in [-0.3, -0.25) is 9.78 Å². The molecule has 0 aliphatic heterocycles. The molecule has 9 heteroatoms. The molecule has 1 atom stereocenters. The molecule has 114 valence electrons.